The van der Waals surface area contributed by atoms with Gasteiger partial charge >= 0.3 is 4.94 Å². The largest absolute Gasteiger partial charge is 0.414 e. The summed E-state index contributed by atoms with van der Waals surface area (Å²) in [5.41, 5.74) is 6.29. The lowest BCUT2D eigenvalue weighted by Crippen LogP contribution is -2.07. The van der Waals surface area contributed by atoms with Crippen molar-refractivity contribution in [1.29, 1.82) is 0 Å². The first-order chi connectivity index (χ1) is 7.20. The summed E-state index contributed by atoms with van der Waals surface area (Å²) in [7, 11) is 0. The fourth-order valence-corrected chi connectivity index (χ4v) is 1.97. The Morgan fingerprint density at radius 1 is 1.47 bits per heavy atom. The second-order valence-corrected chi connectivity index (χ2v) is 4.05. The lowest BCUT2D eigenvalue weighted by molar-refractivity contribution is 0.0985. The van der Waals surface area contributed by atoms with Crippen LogP contribution in [-0.2, 0) is 0 Å². The molecule has 15 heavy (non-hydrogen) atoms. The summed E-state index contributed by atoms with van der Waals surface area (Å²) < 4.78 is 5.67. The fraction of sp³-hybridized carbons (Fsp3) is 0.200. The molecule has 2 aromatic rings. The maximum absolute atomic E-state index is 11.5. The molecule has 5 heteroatoms. The molecular formula is C10H9NO3S. The van der Waals surface area contributed by atoms with Crippen molar-refractivity contribution in [1.82, 2.24) is 0 Å². The first kappa shape index (κ1) is 10.1. The smallest absolute Gasteiger partial charge is 0.396 e. The monoisotopic (exact) mass is 223 g/mol. The third-order valence-electron chi connectivity index (χ3n) is 2.02. The van der Waals surface area contributed by atoms with Crippen LogP contribution < -0.4 is 10.7 Å². The SMILES string of the molecule is NCCC(=O)c1ccc2sc(=O)oc2c1. The molecular weight excluding hydrogens is 214 g/mol. The van der Waals surface area contributed by atoms with Crippen LogP contribution in [0.15, 0.2) is 27.4 Å². The number of benzene rings is 1. The van der Waals surface area contributed by atoms with Gasteiger partial charge in [0.05, 0.1) is 4.70 Å². The van der Waals surface area contributed by atoms with Crippen molar-refractivity contribution < 1.29 is 9.21 Å². The second kappa shape index (κ2) is 3.96. The van der Waals surface area contributed by atoms with Gasteiger partial charge < -0.3 is 10.2 Å². The Labute approximate surface area is 89.3 Å². The minimum atomic E-state index is -0.353. The van der Waals surface area contributed by atoms with E-state index >= 15 is 0 Å². The van der Waals surface area contributed by atoms with Crippen molar-refractivity contribution in [2.75, 3.05) is 6.54 Å². The number of rotatable bonds is 3. The molecule has 0 aliphatic carbocycles. The van der Waals surface area contributed by atoms with Gasteiger partial charge in [0, 0.05) is 12.0 Å². The van der Waals surface area contributed by atoms with E-state index in [1.54, 1.807) is 18.2 Å². The number of hydrogen-bond donors (Lipinski definition) is 1. The lowest BCUT2D eigenvalue weighted by Gasteiger charge is -1.97. The highest BCUT2D eigenvalue weighted by molar-refractivity contribution is 7.16. The predicted octanol–water partition coefficient (Wildman–Crippen LogP) is 1.39. The van der Waals surface area contributed by atoms with Gasteiger partial charge in [-0.2, -0.15) is 0 Å². The topological polar surface area (TPSA) is 73.3 Å². The summed E-state index contributed by atoms with van der Waals surface area (Å²) in [5, 5.41) is 0. The minimum absolute atomic E-state index is 0.0340. The van der Waals surface area contributed by atoms with Crippen LogP contribution in [0.1, 0.15) is 16.8 Å². The standard InChI is InChI=1S/C10H9NO3S/c11-4-3-7(12)6-1-2-9-8(5-6)14-10(13)15-9/h1-2,5H,3-4,11H2. The molecule has 0 bridgehead atoms. The molecule has 0 radical (unpaired) electrons. The predicted molar refractivity (Wildman–Crippen MR) is 58.4 cm³/mol. The summed E-state index contributed by atoms with van der Waals surface area (Å²) in [6.07, 6.45) is 0.305. The Balaban J connectivity index is 2.46. The average molecular weight is 223 g/mol. The molecule has 4 nitrogen and oxygen atoms in total. The molecule has 0 atom stereocenters. The Morgan fingerprint density at radius 2 is 2.27 bits per heavy atom. The van der Waals surface area contributed by atoms with Gasteiger partial charge in [-0.05, 0) is 24.7 Å². The third-order valence-corrected chi connectivity index (χ3v) is 2.83. The van der Waals surface area contributed by atoms with Gasteiger partial charge in [0.2, 0.25) is 0 Å². The number of Topliss-reactive ketones (excluding diaryl/α,β-unsaturated/α-hetero) is 1. The van der Waals surface area contributed by atoms with Gasteiger partial charge in [0.15, 0.2) is 5.78 Å². The molecule has 0 spiro atoms. The van der Waals surface area contributed by atoms with Crippen molar-refractivity contribution in [2.45, 2.75) is 6.42 Å². The van der Waals surface area contributed by atoms with E-state index in [9.17, 15) is 9.59 Å². The van der Waals surface area contributed by atoms with E-state index in [0.29, 0.717) is 24.1 Å². The zero-order chi connectivity index (χ0) is 10.8. The Bertz CT molecular complexity index is 555. The van der Waals surface area contributed by atoms with Crippen molar-refractivity contribution in [3.05, 3.63) is 33.5 Å². The van der Waals surface area contributed by atoms with Crippen LogP contribution in [0, 0.1) is 0 Å². The van der Waals surface area contributed by atoms with E-state index in [2.05, 4.69) is 0 Å². The van der Waals surface area contributed by atoms with Gasteiger partial charge in [0.25, 0.3) is 0 Å². The Hall–Kier alpha value is -1.46. The van der Waals surface area contributed by atoms with E-state index in [1.165, 1.54) is 0 Å². The van der Waals surface area contributed by atoms with E-state index < -0.39 is 0 Å². The van der Waals surface area contributed by atoms with E-state index in [4.69, 9.17) is 10.2 Å². The molecule has 78 valence electrons. The molecule has 2 N–H and O–H groups in total. The quantitative estimate of drug-likeness (QED) is 0.798. The Kier molecular flexibility index (Phi) is 2.66. The molecule has 0 aliphatic rings. The van der Waals surface area contributed by atoms with Crippen LogP contribution in [0.25, 0.3) is 10.3 Å². The molecule has 0 fully saturated rings. The van der Waals surface area contributed by atoms with Crippen LogP contribution in [0.4, 0.5) is 0 Å². The third kappa shape index (κ3) is 1.98. The molecule has 0 amide bonds. The number of carbonyl (C=O) groups is 1. The zero-order valence-corrected chi connectivity index (χ0v) is 8.67. The normalized spacial score (nSPS) is 10.7. The van der Waals surface area contributed by atoms with E-state index in [1.807, 2.05) is 0 Å². The zero-order valence-electron chi connectivity index (χ0n) is 7.86. The first-order valence-corrected chi connectivity index (χ1v) is 5.29. The molecule has 1 aromatic carbocycles. The summed E-state index contributed by atoms with van der Waals surface area (Å²) in [5.74, 6) is -0.0340. The van der Waals surface area contributed by atoms with E-state index in [-0.39, 0.29) is 10.7 Å². The van der Waals surface area contributed by atoms with Crippen LogP contribution >= 0.6 is 11.3 Å². The first-order valence-electron chi connectivity index (χ1n) is 4.47. The maximum Gasteiger partial charge on any atom is 0.396 e. The number of hydrogen-bond acceptors (Lipinski definition) is 5. The van der Waals surface area contributed by atoms with Gasteiger partial charge in [-0.15, -0.1) is 0 Å². The van der Waals surface area contributed by atoms with Crippen molar-refractivity contribution in [3.63, 3.8) is 0 Å². The molecule has 0 unspecified atom stereocenters. The molecule has 2 rings (SSSR count). The molecule has 0 saturated carbocycles. The summed E-state index contributed by atoms with van der Waals surface area (Å²) in [6.45, 7) is 0.324. The van der Waals surface area contributed by atoms with Gasteiger partial charge in [-0.3, -0.25) is 4.79 Å². The molecule has 0 saturated heterocycles. The number of nitrogens with two attached hydrogens (primary N) is 1. The molecule has 1 heterocycles. The lowest BCUT2D eigenvalue weighted by atomic mass is 10.1. The molecule has 0 aliphatic heterocycles. The fourth-order valence-electron chi connectivity index (χ4n) is 1.32. The second-order valence-electron chi connectivity index (χ2n) is 3.08. The highest BCUT2D eigenvalue weighted by atomic mass is 32.1. The van der Waals surface area contributed by atoms with Gasteiger partial charge in [-0.25, -0.2) is 4.79 Å². The van der Waals surface area contributed by atoms with Crippen LogP contribution in [0.2, 0.25) is 0 Å². The molecule has 1 aromatic heterocycles. The summed E-state index contributed by atoms with van der Waals surface area (Å²) in [4.78, 5) is 22.1. The van der Waals surface area contributed by atoms with Crippen molar-refractivity contribution in [2.24, 2.45) is 5.73 Å². The Morgan fingerprint density at radius 3 is 3.00 bits per heavy atom. The minimum Gasteiger partial charge on any atom is -0.414 e. The average Bonchev–Trinajstić information content (AvgIpc) is 2.57. The van der Waals surface area contributed by atoms with Crippen molar-refractivity contribution >= 4 is 27.4 Å². The van der Waals surface area contributed by atoms with E-state index in [0.717, 1.165) is 16.0 Å². The summed E-state index contributed by atoms with van der Waals surface area (Å²) in [6, 6.07) is 4.99. The number of fused-ring (bicyclic) bond motifs is 1. The van der Waals surface area contributed by atoms with Crippen molar-refractivity contribution in [3.8, 4) is 0 Å². The van der Waals surface area contributed by atoms with Crippen LogP contribution in [0.5, 0.6) is 0 Å². The summed E-state index contributed by atoms with van der Waals surface area (Å²) >= 11 is 1.03. The van der Waals surface area contributed by atoms with Gasteiger partial charge in [0.1, 0.15) is 5.58 Å². The maximum atomic E-state index is 11.5. The van der Waals surface area contributed by atoms with Crippen LogP contribution in [0.3, 0.4) is 0 Å². The highest BCUT2D eigenvalue weighted by Crippen LogP contribution is 2.18. The highest BCUT2D eigenvalue weighted by Gasteiger charge is 2.08. The van der Waals surface area contributed by atoms with Gasteiger partial charge in [-0.1, -0.05) is 11.3 Å². The van der Waals surface area contributed by atoms with Crippen LogP contribution in [-0.4, -0.2) is 12.3 Å². The number of carbonyl (C=O) groups excluding carboxylic acids is 1. The number of ketones is 1.